The molecule has 0 saturated heterocycles. The second-order valence-corrected chi connectivity index (χ2v) is 8.31. The van der Waals surface area contributed by atoms with Gasteiger partial charge in [0.2, 0.25) is 5.89 Å². The van der Waals surface area contributed by atoms with Crippen molar-refractivity contribution in [2.45, 2.75) is 63.3 Å². The maximum absolute atomic E-state index is 6.57. The van der Waals surface area contributed by atoms with E-state index in [4.69, 9.17) is 15.2 Å². The van der Waals surface area contributed by atoms with E-state index < -0.39 is 0 Å². The normalized spacial score (nSPS) is 51.1. The van der Waals surface area contributed by atoms with Gasteiger partial charge in [-0.2, -0.15) is 4.98 Å². The summed E-state index contributed by atoms with van der Waals surface area (Å²) < 4.78 is 5.65. The molecule has 1 heterocycles. The standard InChI is InChI=1S/C17H25N3O/c1-9-4-6-17(18,7-5-9)16-19-15(21-20-16)14-12-10-2-3-11(8-10)13(12)14/h9-14H,2-8,18H2,1H3. The van der Waals surface area contributed by atoms with Gasteiger partial charge >= 0.3 is 0 Å². The molecular weight excluding hydrogens is 262 g/mol. The van der Waals surface area contributed by atoms with Crippen molar-refractivity contribution in [1.29, 1.82) is 0 Å². The lowest BCUT2D eigenvalue weighted by atomic mass is 9.77. The van der Waals surface area contributed by atoms with E-state index in [0.717, 1.165) is 54.1 Å². The number of nitrogens with zero attached hydrogens (tertiary/aromatic N) is 2. The highest BCUT2D eigenvalue weighted by Gasteiger charge is 2.67. The molecule has 4 aliphatic carbocycles. The van der Waals surface area contributed by atoms with Crippen LogP contribution in [-0.2, 0) is 5.54 Å². The van der Waals surface area contributed by atoms with Crippen LogP contribution in [-0.4, -0.2) is 10.1 Å². The Balaban J connectivity index is 1.37. The Morgan fingerprint density at radius 2 is 1.76 bits per heavy atom. The van der Waals surface area contributed by atoms with E-state index in [0.29, 0.717) is 5.92 Å². The fraction of sp³-hybridized carbons (Fsp3) is 0.882. The molecule has 0 aliphatic heterocycles. The van der Waals surface area contributed by atoms with Gasteiger partial charge in [-0.25, -0.2) is 0 Å². The van der Waals surface area contributed by atoms with Gasteiger partial charge in [0.05, 0.1) is 5.54 Å². The molecule has 0 amide bonds. The van der Waals surface area contributed by atoms with Crippen LogP contribution in [0.15, 0.2) is 4.52 Å². The predicted octanol–water partition coefficient (Wildman–Crippen LogP) is 3.19. The van der Waals surface area contributed by atoms with Crippen LogP contribution in [0.5, 0.6) is 0 Å². The van der Waals surface area contributed by atoms with Gasteiger partial charge in [-0.1, -0.05) is 12.1 Å². The molecule has 4 atom stereocenters. The van der Waals surface area contributed by atoms with Gasteiger partial charge < -0.3 is 10.3 Å². The van der Waals surface area contributed by atoms with Crippen molar-refractivity contribution >= 4 is 0 Å². The Hall–Kier alpha value is -0.900. The Kier molecular flexibility index (Phi) is 2.46. The number of rotatable bonds is 2. The molecule has 4 saturated carbocycles. The van der Waals surface area contributed by atoms with Crippen molar-refractivity contribution < 1.29 is 4.52 Å². The minimum Gasteiger partial charge on any atom is -0.339 e. The van der Waals surface area contributed by atoms with Gasteiger partial charge in [0.1, 0.15) is 0 Å². The third-order valence-corrected chi connectivity index (χ3v) is 7.07. The van der Waals surface area contributed by atoms with Crippen molar-refractivity contribution in [2.75, 3.05) is 0 Å². The maximum Gasteiger partial charge on any atom is 0.230 e. The Morgan fingerprint density at radius 1 is 1.10 bits per heavy atom. The van der Waals surface area contributed by atoms with E-state index in [9.17, 15) is 0 Å². The first-order valence-corrected chi connectivity index (χ1v) is 8.79. The number of hydrogen-bond donors (Lipinski definition) is 1. The first-order chi connectivity index (χ1) is 10.2. The molecule has 2 N–H and O–H groups in total. The lowest BCUT2D eigenvalue weighted by Crippen LogP contribution is -2.41. The van der Waals surface area contributed by atoms with Crippen LogP contribution in [0.2, 0.25) is 0 Å². The number of aromatic nitrogens is 2. The first kappa shape index (κ1) is 12.6. The second-order valence-electron chi connectivity index (χ2n) is 8.31. The van der Waals surface area contributed by atoms with E-state index in [1.807, 2.05) is 0 Å². The summed E-state index contributed by atoms with van der Waals surface area (Å²) in [6.45, 7) is 2.31. The topological polar surface area (TPSA) is 64.9 Å². The number of nitrogens with two attached hydrogens (primary N) is 1. The minimum atomic E-state index is -0.336. The summed E-state index contributed by atoms with van der Waals surface area (Å²) in [5.41, 5.74) is 6.24. The average molecular weight is 287 g/mol. The van der Waals surface area contributed by atoms with E-state index in [-0.39, 0.29) is 5.54 Å². The largest absolute Gasteiger partial charge is 0.339 e. The van der Waals surface area contributed by atoms with E-state index >= 15 is 0 Å². The van der Waals surface area contributed by atoms with Crippen LogP contribution in [0.4, 0.5) is 0 Å². The molecule has 21 heavy (non-hydrogen) atoms. The zero-order chi connectivity index (χ0) is 14.2. The van der Waals surface area contributed by atoms with Gasteiger partial charge in [0, 0.05) is 5.92 Å². The smallest absolute Gasteiger partial charge is 0.230 e. The zero-order valence-electron chi connectivity index (χ0n) is 12.8. The Labute approximate surface area is 125 Å². The third kappa shape index (κ3) is 1.71. The molecule has 0 radical (unpaired) electrons. The number of hydrogen-bond acceptors (Lipinski definition) is 4. The molecule has 2 bridgehead atoms. The summed E-state index contributed by atoms with van der Waals surface area (Å²) in [7, 11) is 0. The molecule has 114 valence electrons. The molecule has 4 nitrogen and oxygen atoms in total. The van der Waals surface area contributed by atoms with E-state index in [1.165, 1.54) is 32.1 Å². The fourth-order valence-electron chi connectivity index (χ4n) is 5.73. The van der Waals surface area contributed by atoms with E-state index in [2.05, 4.69) is 12.1 Å². The van der Waals surface area contributed by atoms with Crippen molar-refractivity contribution in [1.82, 2.24) is 10.1 Å². The second kappa shape index (κ2) is 4.09. The molecule has 0 aromatic carbocycles. The van der Waals surface area contributed by atoms with Crippen LogP contribution < -0.4 is 5.73 Å². The lowest BCUT2D eigenvalue weighted by molar-refractivity contribution is 0.229. The first-order valence-electron chi connectivity index (χ1n) is 8.79. The predicted molar refractivity (Wildman–Crippen MR) is 78.3 cm³/mol. The van der Waals surface area contributed by atoms with Crippen molar-refractivity contribution in [3.63, 3.8) is 0 Å². The van der Waals surface area contributed by atoms with Gasteiger partial charge in [-0.15, -0.1) is 0 Å². The van der Waals surface area contributed by atoms with Crippen LogP contribution in [0, 0.1) is 29.6 Å². The Morgan fingerprint density at radius 3 is 2.43 bits per heavy atom. The van der Waals surface area contributed by atoms with Gasteiger partial charge in [0.15, 0.2) is 5.82 Å². The highest BCUT2D eigenvalue weighted by molar-refractivity contribution is 5.23. The average Bonchev–Trinajstić information content (AvgIpc) is 2.92. The fourth-order valence-corrected chi connectivity index (χ4v) is 5.73. The SMILES string of the molecule is CC1CCC(N)(c2noc(C3C4C5CCC(C5)C34)n2)CC1. The summed E-state index contributed by atoms with van der Waals surface area (Å²) in [5, 5.41) is 4.28. The molecule has 4 unspecified atom stereocenters. The van der Waals surface area contributed by atoms with Crippen LogP contribution in [0.1, 0.15) is 69.5 Å². The van der Waals surface area contributed by atoms with Crippen molar-refractivity contribution in [2.24, 2.45) is 35.3 Å². The summed E-state index contributed by atoms with van der Waals surface area (Å²) >= 11 is 0. The van der Waals surface area contributed by atoms with Crippen molar-refractivity contribution in [3.05, 3.63) is 11.7 Å². The third-order valence-electron chi connectivity index (χ3n) is 7.07. The molecule has 0 spiro atoms. The molecule has 4 heteroatoms. The molecule has 4 aliphatic rings. The van der Waals surface area contributed by atoms with E-state index in [1.54, 1.807) is 0 Å². The molecule has 5 rings (SSSR count). The summed E-state index contributed by atoms with van der Waals surface area (Å²) in [6, 6.07) is 0. The van der Waals surface area contributed by atoms with Gasteiger partial charge in [-0.3, -0.25) is 0 Å². The highest BCUT2D eigenvalue weighted by atomic mass is 16.5. The highest BCUT2D eigenvalue weighted by Crippen LogP contribution is 2.72. The molecule has 4 fully saturated rings. The van der Waals surface area contributed by atoms with Crippen LogP contribution >= 0.6 is 0 Å². The monoisotopic (exact) mass is 287 g/mol. The molecule has 1 aromatic rings. The van der Waals surface area contributed by atoms with Crippen LogP contribution in [0.3, 0.4) is 0 Å². The molecular formula is C17H25N3O. The summed E-state index contributed by atoms with van der Waals surface area (Å²) in [6.07, 6.45) is 8.68. The van der Waals surface area contributed by atoms with Crippen molar-refractivity contribution in [3.8, 4) is 0 Å². The quantitative estimate of drug-likeness (QED) is 0.907. The summed E-state index contributed by atoms with van der Waals surface area (Å²) in [4.78, 5) is 4.77. The van der Waals surface area contributed by atoms with Gasteiger partial charge in [0.25, 0.3) is 0 Å². The summed E-state index contributed by atoms with van der Waals surface area (Å²) in [5.74, 6) is 6.65. The van der Waals surface area contributed by atoms with Gasteiger partial charge in [-0.05, 0) is 74.5 Å². The molecule has 1 aromatic heterocycles. The zero-order valence-corrected chi connectivity index (χ0v) is 12.8. The van der Waals surface area contributed by atoms with Crippen LogP contribution in [0.25, 0.3) is 0 Å². The maximum atomic E-state index is 6.57. The lowest BCUT2D eigenvalue weighted by Gasteiger charge is -2.33. The number of fused-ring (bicyclic) bond motifs is 5. The Bertz CT molecular complexity index is 544. The minimum absolute atomic E-state index is 0.336.